The number of nitrogens with one attached hydrogen (secondary N) is 1. The molecule has 0 spiro atoms. The fourth-order valence-electron chi connectivity index (χ4n) is 5.64. The van der Waals surface area contributed by atoms with Crippen molar-refractivity contribution in [1.29, 1.82) is 0 Å². The summed E-state index contributed by atoms with van der Waals surface area (Å²) in [6, 6.07) is 19.5. The molecule has 0 unspecified atom stereocenters. The van der Waals surface area contributed by atoms with E-state index in [2.05, 4.69) is 42.5 Å². The number of amides is 1. The van der Waals surface area contributed by atoms with Crippen molar-refractivity contribution < 1.29 is 18.0 Å². The molecule has 0 saturated carbocycles. The van der Waals surface area contributed by atoms with Gasteiger partial charge >= 0.3 is 6.18 Å². The fourth-order valence-corrected chi connectivity index (χ4v) is 5.64. The number of aryl methyl sites for hydroxylation is 2. The van der Waals surface area contributed by atoms with Gasteiger partial charge in [0.05, 0.1) is 11.7 Å². The molecule has 0 bridgehead atoms. The lowest BCUT2D eigenvalue weighted by Gasteiger charge is -2.23. The fraction of sp³-hybridized carbons (Fsp3) is 0.344. The minimum Gasteiger partial charge on any atom is -0.346 e. The van der Waals surface area contributed by atoms with E-state index in [1.165, 1.54) is 10.2 Å². The first-order chi connectivity index (χ1) is 19.2. The summed E-state index contributed by atoms with van der Waals surface area (Å²) in [7, 11) is 0. The highest BCUT2D eigenvalue weighted by molar-refractivity contribution is 5.77. The van der Waals surface area contributed by atoms with Gasteiger partial charge in [0.1, 0.15) is 6.54 Å². The summed E-state index contributed by atoms with van der Waals surface area (Å²) in [6.07, 6.45) is 0.849. The predicted octanol–water partition coefficient (Wildman–Crippen LogP) is 6.81. The summed E-state index contributed by atoms with van der Waals surface area (Å²) in [5.41, 5.74) is 5.90. The molecule has 2 aromatic heterocycles. The van der Waals surface area contributed by atoms with Crippen LogP contribution in [-0.4, -0.2) is 20.7 Å². The van der Waals surface area contributed by atoms with Crippen molar-refractivity contribution in [1.82, 2.24) is 20.1 Å². The quantitative estimate of drug-likeness (QED) is 0.264. The molecule has 208 valence electrons. The average Bonchev–Trinajstić information content (AvgIpc) is 3.32. The number of halogens is 3. The minimum atomic E-state index is -4.55. The number of carbonyl (C=O) groups is 1. The molecular weight excluding hydrogens is 513 g/mol. The van der Waals surface area contributed by atoms with Gasteiger partial charge in [-0.05, 0) is 73.8 Å². The maximum Gasteiger partial charge on any atom is 0.435 e. The van der Waals surface area contributed by atoms with Crippen LogP contribution in [0.2, 0.25) is 0 Å². The SMILES string of the molecule is CCc1ccc(-c2cccnc2[C@@H](Cc2ccccc2)NC(=O)Cn2nc(C(F)(F)F)c3c2CCCC3)c(C)c1. The minimum absolute atomic E-state index is 0.227. The number of alkyl halides is 3. The first kappa shape index (κ1) is 27.6. The summed E-state index contributed by atoms with van der Waals surface area (Å²) in [4.78, 5) is 18.2. The number of pyridine rings is 1. The van der Waals surface area contributed by atoms with Gasteiger partial charge in [-0.1, -0.05) is 61.5 Å². The summed E-state index contributed by atoms with van der Waals surface area (Å²) in [5.74, 6) is -0.403. The van der Waals surface area contributed by atoms with Gasteiger partial charge in [0.25, 0.3) is 0 Å². The van der Waals surface area contributed by atoms with Crippen molar-refractivity contribution in [3.63, 3.8) is 0 Å². The highest BCUT2D eigenvalue weighted by Gasteiger charge is 2.39. The van der Waals surface area contributed by atoms with E-state index < -0.39 is 23.8 Å². The molecular formula is C32H33F3N4O. The van der Waals surface area contributed by atoms with Crippen molar-refractivity contribution in [2.24, 2.45) is 0 Å². The number of nitrogens with zero attached hydrogens (tertiary/aromatic N) is 3. The van der Waals surface area contributed by atoms with Gasteiger partial charge in [0.15, 0.2) is 5.69 Å². The predicted molar refractivity (Wildman–Crippen MR) is 149 cm³/mol. The van der Waals surface area contributed by atoms with E-state index in [4.69, 9.17) is 4.98 Å². The summed E-state index contributed by atoms with van der Waals surface area (Å²) >= 11 is 0. The molecule has 1 N–H and O–H groups in total. The van der Waals surface area contributed by atoms with E-state index in [0.717, 1.165) is 35.1 Å². The largest absolute Gasteiger partial charge is 0.435 e. The van der Waals surface area contributed by atoms with Gasteiger partial charge in [-0.3, -0.25) is 14.5 Å². The van der Waals surface area contributed by atoms with E-state index in [1.807, 2.05) is 42.5 Å². The van der Waals surface area contributed by atoms with Crippen molar-refractivity contribution in [2.45, 2.75) is 71.1 Å². The maximum atomic E-state index is 13.7. The third-order valence-electron chi connectivity index (χ3n) is 7.59. The van der Waals surface area contributed by atoms with Gasteiger partial charge in [-0.15, -0.1) is 0 Å². The molecule has 5 rings (SSSR count). The Morgan fingerprint density at radius 1 is 1.00 bits per heavy atom. The van der Waals surface area contributed by atoms with Crippen molar-refractivity contribution in [3.8, 4) is 11.1 Å². The standard InChI is InChI=1S/C32H33F3N4O/c1-3-22-15-16-24(21(2)18-22)25-13-9-17-36-30(25)27(19-23-10-5-4-6-11-23)37-29(40)20-39-28-14-8-7-12-26(28)31(38-39)32(33,34)35/h4-6,9-11,13,15-18,27H,3,7-8,12,14,19-20H2,1-2H3,(H,37,40)/t27-/m1/s1. The Balaban J connectivity index is 1.48. The van der Waals surface area contributed by atoms with Gasteiger partial charge in [-0.2, -0.15) is 18.3 Å². The lowest BCUT2D eigenvalue weighted by atomic mass is 9.92. The first-order valence-electron chi connectivity index (χ1n) is 13.8. The molecule has 0 fully saturated rings. The third kappa shape index (κ3) is 5.96. The summed E-state index contributed by atoms with van der Waals surface area (Å²) in [6.45, 7) is 3.90. The summed E-state index contributed by atoms with van der Waals surface area (Å²) in [5, 5.41) is 6.97. The number of hydrogen-bond acceptors (Lipinski definition) is 3. The van der Waals surface area contributed by atoms with Gasteiger partial charge in [-0.25, -0.2) is 0 Å². The zero-order valence-corrected chi connectivity index (χ0v) is 22.8. The Morgan fingerprint density at radius 3 is 2.50 bits per heavy atom. The van der Waals surface area contributed by atoms with E-state index in [1.54, 1.807) is 6.20 Å². The molecule has 1 aliphatic carbocycles. The van der Waals surface area contributed by atoms with Crippen LogP contribution in [0, 0.1) is 6.92 Å². The second-order valence-electron chi connectivity index (χ2n) is 10.4. The normalized spacial score (nSPS) is 14.0. The van der Waals surface area contributed by atoms with Crippen LogP contribution >= 0.6 is 0 Å². The maximum absolute atomic E-state index is 13.7. The van der Waals surface area contributed by atoms with E-state index in [9.17, 15) is 18.0 Å². The molecule has 4 aromatic rings. The van der Waals surface area contributed by atoms with E-state index in [0.29, 0.717) is 37.1 Å². The van der Waals surface area contributed by atoms with Crippen LogP contribution in [0.25, 0.3) is 11.1 Å². The summed E-state index contributed by atoms with van der Waals surface area (Å²) < 4.78 is 42.4. The number of hydrogen-bond donors (Lipinski definition) is 1. The Hall–Kier alpha value is -3.94. The number of fused-ring (bicyclic) bond motifs is 1. The average molecular weight is 547 g/mol. The molecule has 2 aromatic carbocycles. The molecule has 0 saturated heterocycles. The molecule has 8 heteroatoms. The van der Waals surface area contributed by atoms with Crippen LogP contribution < -0.4 is 5.32 Å². The number of carbonyl (C=O) groups excluding carboxylic acids is 1. The van der Waals surface area contributed by atoms with Crippen LogP contribution in [0.3, 0.4) is 0 Å². The van der Waals surface area contributed by atoms with Crippen molar-refractivity contribution in [3.05, 3.63) is 106 Å². The Bertz CT molecular complexity index is 1490. The Morgan fingerprint density at radius 2 is 1.77 bits per heavy atom. The molecule has 1 atom stereocenters. The van der Waals surface area contributed by atoms with Crippen LogP contribution in [0.5, 0.6) is 0 Å². The molecule has 5 nitrogen and oxygen atoms in total. The van der Waals surface area contributed by atoms with Crippen molar-refractivity contribution >= 4 is 5.91 Å². The molecule has 2 heterocycles. The lowest BCUT2D eigenvalue weighted by Crippen LogP contribution is -2.34. The van der Waals surface area contributed by atoms with Gasteiger partial charge in [0.2, 0.25) is 5.91 Å². The smallest absolute Gasteiger partial charge is 0.346 e. The molecule has 1 amide bonds. The monoisotopic (exact) mass is 546 g/mol. The zero-order valence-electron chi connectivity index (χ0n) is 22.8. The van der Waals surface area contributed by atoms with E-state index >= 15 is 0 Å². The van der Waals surface area contributed by atoms with Crippen LogP contribution in [0.4, 0.5) is 13.2 Å². The Labute approximate surface area is 232 Å². The van der Waals surface area contributed by atoms with E-state index in [-0.39, 0.29) is 12.1 Å². The second kappa shape index (κ2) is 11.7. The zero-order chi connectivity index (χ0) is 28.3. The van der Waals surface area contributed by atoms with Gasteiger partial charge < -0.3 is 5.32 Å². The second-order valence-corrected chi connectivity index (χ2v) is 10.4. The number of aromatic nitrogens is 3. The van der Waals surface area contributed by atoms with Crippen LogP contribution in [-0.2, 0) is 43.2 Å². The molecule has 1 aliphatic rings. The highest BCUT2D eigenvalue weighted by Crippen LogP contribution is 2.36. The molecule has 40 heavy (non-hydrogen) atoms. The lowest BCUT2D eigenvalue weighted by molar-refractivity contribution is -0.142. The number of rotatable bonds is 8. The topological polar surface area (TPSA) is 59.8 Å². The Kier molecular flexibility index (Phi) is 8.05. The number of benzene rings is 2. The van der Waals surface area contributed by atoms with Gasteiger partial charge in [0, 0.05) is 23.0 Å². The highest BCUT2D eigenvalue weighted by atomic mass is 19.4. The molecule has 0 radical (unpaired) electrons. The molecule has 0 aliphatic heterocycles. The van der Waals surface area contributed by atoms with Crippen LogP contribution in [0.15, 0.2) is 66.9 Å². The third-order valence-corrected chi connectivity index (χ3v) is 7.59. The first-order valence-corrected chi connectivity index (χ1v) is 13.8. The van der Waals surface area contributed by atoms with Crippen molar-refractivity contribution in [2.75, 3.05) is 0 Å². The van der Waals surface area contributed by atoms with Crippen LogP contribution in [0.1, 0.15) is 65.1 Å².